The van der Waals surface area contributed by atoms with Crippen molar-refractivity contribution in [3.05, 3.63) is 52.8 Å². The van der Waals surface area contributed by atoms with E-state index in [4.69, 9.17) is 32.7 Å². The number of nitrogens with zero attached hydrogens (tertiary/aromatic N) is 2. The maximum absolute atomic E-state index is 6.17. The molecule has 1 aliphatic rings. The van der Waals surface area contributed by atoms with Crippen LogP contribution in [-0.4, -0.2) is 16.8 Å². The highest BCUT2D eigenvalue weighted by Gasteiger charge is 2.10. The number of hydrogen-bond donors (Lipinski definition) is 1. The van der Waals surface area contributed by atoms with Gasteiger partial charge in [-0.25, -0.2) is 9.97 Å². The van der Waals surface area contributed by atoms with Gasteiger partial charge < -0.3 is 14.8 Å². The highest BCUT2D eigenvalue weighted by Crippen LogP contribution is 2.29. The first-order valence-corrected chi connectivity index (χ1v) is 6.47. The number of ether oxygens (including phenoxy) is 2. The van der Waals surface area contributed by atoms with Crippen LogP contribution in [0.5, 0.6) is 0 Å². The quantitative estimate of drug-likeness (QED) is 0.937. The average Bonchev–Trinajstić information content (AvgIpc) is 2.92. The Kier molecular flexibility index (Phi) is 3.62. The van der Waals surface area contributed by atoms with Gasteiger partial charge >= 0.3 is 0 Å². The third kappa shape index (κ3) is 2.79. The third-order valence-corrected chi connectivity index (χ3v) is 3.15. The molecule has 1 aromatic carbocycles. The molecule has 0 bridgehead atoms. The van der Waals surface area contributed by atoms with E-state index in [0.29, 0.717) is 27.4 Å². The molecule has 1 N–H and O–H groups in total. The Morgan fingerprint density at radius 3 is 2.80 bits per heavy atom. The molecule has 2 heterocycles. The van der Waals surface area contributed by atoms with Crippen molar-refractivity contribution in [1.82, 2.24) is 9.97 Å². The van der Waals surface area contributed by atoms with Gasteiger partial charge in [-0.15, -0.1) is 0 Å². The molecule has 0 saturated carbocycles. The SMILES string of the molecule is Clc1ccc(-c2cc(NC3=COCO3)ncn2)c(Cl)c1. The first kappa shape index (κ1) is 13.0. The lowest BCUT2D eigenvalue weighted by atomic mass is 10.1. The molecule has 7 heteroatoms. The monoisotopic (exact) mass is 309 g/mol. The molecule has 1 aliphatic heterocycles. The van der Waals surface area contributed by atoms with E-state index in [0.717, 1.165) is 5.56 Å². The topological polar surface area (TPSA) is 56.3 Å². The smallest absolute Gasteiger partial charge is 0.232 e. The van der Waals surface area contributed by atoms with E-state index in [1.54, 1.807) is 18.2 Å². The van der Waals surface area contributed by atoms with Crippen molar-refractivity contribution < 1.29 is 9.47 Å². The first-order valence-electron chi connectivity index (χ1n) is 5.71. The molecule has 1 aromatic heterocycles. The van der Waals surface area contributed by atoms with E-state index in [2.05, 4.69) is 15.3 Å². The largest absolute Gasteiger partial charge is 0.459 e. The van der Waals surface area contributed by atoms with E-state index in [1.165, 1.54) is 12.6 Å². The summed E-state index contributed by atoms with van der Waals surface area (Å²) in [7, 11) is 0. The number of rotatable bonds is 3. The highest BCUT2D eigenvalue weighted by atomic mass is 35.5. The van der Waals surface area contributed by atoms with E-state index >= 15 is 0 Å². The summed E-state index contributed by atoms with van der Waals surface area (Å²) in [6.45, 7) is 0.198. The molecule has 102 valence electrons. The second-order valence-corrected chi connectivity index (χ2v) is 4.79. The normalized spacial score (nSPS) is 13.4. The summed E-state index contributed by atoms with van der Waals surface area (Å²) in [6.07, 6.45) is 2.93. The number of halogens is 2. The van der Waals surface area contributed by atoms with Crippen LogP contribution in [0.4, 0.5) is 5.82 Å². The summed E-state index contributed by atoms with van der Waals surface area (Å²) in [5, 5.41) is 4.08. The van der Waals surface area contributed by atoms with E-state index in [1.807, 2.05) is 6.07 Å². The summed E-state index contributed by atoms with van der Waals surface area (Å²) in [5.74, 6) is 1.08. The Morgan fingerprint density at radius 2 is 2.05 bits per heavy atom. The number of hydrogen-bond acceptors (Lipinski definition) is 5. The van der Waals surface area contributed by atoms with Gasteiger partial charge in [0.25, 0.3) is 0 Å². The Labute approximate surface area is 125 Å². The zero-order valence-corrected chi connectivity index (χ0v) is 11.6. The van der Waals surface area contributed by atoms with Gasteiger partial charge in [0.1, 0.15) is 18.4 Å². The fraction of sp³-hybridized carbons (Fsp3) is 0.0769. The van der Waals surface area contributed by atoms with Crippen LogP contribution in [0.15, 0.2) is 42.7 Å². The van der Waals surface area contributed by atoms with Gasteiger partial charge in [-0.3, -0.25) is 0 Å². The minimum absolute atomic E-state index is 0.198. The van der Waals surface area contributed by atoms with Crippen molar-refractivity contribution >= 4 is 29.0 Å². The molecule has 0 atom stereocenters. The molecule has 0 saturated heterocycles. The fourth-order valence-corrected chi connectivity index (χ4v) is 2.21. The molecule has 0 fully saturated rings. The molecule has 5 nitrogen and oxygen atoms in total. The van der Waals surface area contributed by atoms with Crippen molar-refractivity contribution in [2.45, 2.75) is 0 Å². The number of nitrogens with one attached hydrogen (secondary N) is 1. The zero-order valence-electron chi connectivity index (χ0n) is 10.1. The van der Waals surface area contributed by atoms with Gasteiger partial charge in [0, 0.05) is 16.7 Å². The Balaban J connectivity index is 1.90. The molecule has 0 aliphatic carbocycles. The van der Waals surface area contributed by atoms with Crippen molar-refractivity contribution in [2.75, 3.05) is 12.1 Å². The van der Waals surface area contributed by atoms with Crippen molar-refractivity contribution in [3.63, 3.8) is 0 Å². The van der Waals surface area contributed by atoms with Crippen LogP contribution in [0, 0.1) is 0 Å². The van der Waals surface area contributed by atoms with E-state index < -0.39 is 0 Å². The maximum atomic E-state index is 6.17. The minimum atomic E-state index is 0.198. The molecular formula is C13H9Cl2N3O2. The Morgan fingerprint density at radius 1 is 1.15 bits per heavy atom. The summed E-state index contributed by atoms with van der Waals surface area (Å²) in [4.78, 5) is 8.31. The van der Waals surface area contributed by atoms with Gasteiger partial charge in [0.15, 0.2) is 0 Å². The standard InChI is InChI=1S/C13H9Cl2N3O2/c14-8-1-2-9(10(15)3-8)11-4-12(17-6-16-11)18-13-5-19-7-20-13/h1-6H,7H2,(H,16,17,18). The van der Waals surface area contributed by atoms with Crippen LogP contribution < -0.4 is 5.32 Å². The molecule has 0 amide bonds. The van der Waals surface area contributed by atoms with Crippen molar-refractivity contribution in [1.29, 1.82) is 0 Å². The molecule has 3 rings (SSSR count). The summed E-state index contributed by atoms with van der Waals surface area (Å²) >= 11 is 12.0. The predicted octanol–water partition coefficient (Wildman–Crippen LogP) is 3.67. The minimum Gasteiger partial charge on any atom is -0.459 e. The number of anilines is 1. The molecule has 20 heavy (non-hydrogen) atoms. The van der Waals surface area contributed by atoms with Crippen LogP contribution in [0.1, 0.15) is 0 Å². The van der Waals surface area contributed by atoms with Crippen LogP contribution in [-0.2, 0) is 9.47 Å². The summed E-state index contributed by atoms with van der Waals surface area (Å²) in [6, 6.07) is 7.00. The van der Waals surface area contributed by atoms with Crippen LogP contribution >= 0.6 is 23.2 Å². The maximum Gasteiger partial charge on any atom is 0.232 e. The molecule has 0 radical (unpaired) electrons. The molecule has 0 unspecified atom stereocenters. The van der Waals surface area contributed by atoms with Crippen LogP contribution in [0.25, 0.3) is 11.3 Å². The first-order chi connectivity index (χ1) is 9.72. The summed E-state index contributed by atoms with van der Waals surface area (Å²) in [5.41, 5.74) is 1.46. The Bertz CT molecular complexity index is 676. The van der Waals surface area contributed by atoms with Gasteiger partial charge in [-0.2, -0.15) is 0 Å². The van der Waals surface area contributed by atoms with Crippen LogP contribution in [0.2, 0.25) is 10.0 Å². The lowest BCUT2D eigenvalue weighted by molar-refractivity contribution is 0.0823. The molecule has 2 aromatic rings. The lowest BCUT2D eigenvalue weighted by Gasteiger charge is -2.07. The lowest BCUT2D eigenvalue weighted by Crippen LogP contribution is -2.02. The number of aromatic nitrogens is 2. The van der Waals surface area contributed by atoms with Gasteiger partial charge in [0.2, 0.25) is 12.7 Å². The van der Waals surface area contributed by atoms with Gasteiger partial charge in [0.05, 0.1) is 10.7 Å². The highest BCUT2D eigenvalue weighted by molar-refractivity contribution is 6.36. The third-order valence-electron chi connectivity index (χ3n) is 2.60. The van der Waals surface area contributed by atoms with Crippen LogP contribution in [0.3, 0.4) is 0 Å². The predicted molar refractivity (Wildman–Crippen MR) is 76.2 cm³/mol. The van der Waals surface area contributed by atoms with E-state index in [-0.39, 0.29) is 6.79 Å². The Hall–Kier alpha value is -1.98. The van der Waals surface area contributed by atoms with Gasteiger partial charge in [-0.05, 0) is 18.2 Å². The molecule has 0 spiro atoms. The number of benzene rings is 1. The average molecular weight is 310 g/mol. The zero-order chi connectivity index (χ0) is 13.9. The second-order valence-electron chi connectivity index (χ2n) is 3.95. The molecular weight excluding hydrogens is 301 g/mol. The summed E-state index contributed by atoms with van der Waals surface area (Å²) < 4.78 is 10.1. The van der Waals surface area contributed by atoms with E-state index in [9.17, 15) is 0 Å². The fourth-order valence-electron chi connectivity index (χ4n) is 1.70. The second kappa shape index (κ2) is 5.56. The van der Waals surface area contributed by atoms with Crippen molar-refractivity contribution in [2.24, 2.45) is 0 Å². The van der Waals surface area contributed by atoms with Crippen molar-refractivity contribution in [3.8, 4) is 11.3 Å². The van der Waals surface area contributed by atoms with Gasteiger partial charge in [-0.1, -0.05) is 23.2 Å².